The first-order valence-electron chi connectivity index (χ1n) is 15.7. The number of fused-ring (bicyclic) bond motifs is 3. The zero-order valence-corrected chi connectivity index (χ0v) is 26.4. The van der Waals surface area contributed by atoms with Gasteiger partial charge in [0.1, 0.15) is 5.60 Å². The van der Waals surface area contributed by atoms with E-state index in [1.54, 1.807) is 25.9 Å². The number of nitrogens with one attached hydrogen (secondary N) is 2. The SMILES string of the molecule is CC(C(=O)NCCn1nc2c(F)c3c(c(F)c2n1)CC(CN1CCC2(CC1)CN(c1cnc4c(n1)NC(=O)CO4)C(=O)O2)C3)N(C)C. The Hall–Kier alpha value is -4.51. The molecule has 3 amide bonds. The van der Waals surface area contributed by atoms with Crippen molar-refractivity contribution in [1.29, 1.82) is 0 Å². The van der Waals surface area contributed by atoms with Crippen LogP contribution in [0, 0.1) is 17.6 Å². The summed E-state index contributed by atoms with van der Waals surface area (Å²) in [7, 11) is 3.61. The predicted molar refractivity (Wildman–Crippen MR) is 163 cm³/mol. The molecule has 2 fully saturated rings. The summed E-state index contributed by atoms with van der Waals surface area (Å²) in [6, 6.07) is -0.314. The number of hydrogen-bond donors (Lipinski definition) is 2. The third-order valence-electron chi connectivity index (χ3n) is 9.57. The van der Waals surface area contributed by atoms with Crippen LogP contribution in [0.5, 0.6) is 5.88 Å². The Morgan fingerprint density at radius 3 is 2.49 bits per heavy atom. The molecule has 250 valence electrons. The summed E-state index contributed by atoms with van der Waals surface area (Å²) in [5.74, 6) is -0.947. The molecular weight excluding hydrogens is 618 g/mol. The van der Waals surface area contributed by atoms with Crippen molar-refractivity contribution in [3.8, 4) is 5.88 Å². The molecule has 0 bridgehead atoms. The van der Waals surface area contributed by atoms with Crippen LogP contribution in [-0.2, 0) is 33.7 Å². The Morgan fingerprint density at radius 2 is 1.83 bits per heavy atom. The number of aromatic nitrogens is 5. The van der Waals surface area contributed by atoms with Gasteiger partial charge >= 0.3 is 6.09 Å². The summed E-state index contributed by atoms with van der Waals surface area (Å²) in [6.45, 7) is 4.30. The Balaban J connectivity index is 0.948. The van der Waals surface area contributed by atoms with E-state index >= 15 is 8.78 Å². The highest BCUT2D eigenvalue weighted by molar-refractivity contribution is 5.95. The molecule has 3 aliphatic heterocycles. The number of ether oxygens (including phenoxy) is 2. The van der Waals surface area contributed by atoms with Gasteiger partial charge in [-0.15, -0.1) is 0 Å². The highest BCUT2D eigenvalue weighted by Gasteiger charge is 2.48. The fourth-order valence-corrected chi connectivity index (χ4v) is 6.72. The highest BCUT2D eigenvalue weighted by atomic mass is 19.1. The monoisotopic (exact) mass is 654 g/mol. The van der Waals surface area contributed by atoms with Crippen LogP contribution in [-0.4, -0.2) is 118 Å². The fourth-order valence-electron chi connectivity index (χ4n) is 6.72. The van der Waals surface area contributed by atoms with E-state index in [1.807, 2.05) is 0 Å². The zero-order chi connectivity index (χ0) is 33.0. The van der Waals surface area contributed by atoms with Crippen molar-refractivity contribution in [2.24, 2.45) is 5.92 Å². The van der Waals surface area contributed by atoms with Crippen LogP contribution >= 0.6 is 0 Å². The molecule has 7 rings (SSSR count). The minimum Gasteiger partial charge on any atom is -0.465 e. The zero-order valence-electron chi connectivity index (χ0n) is 26.4. The van der Waals surface area contributed by atoms with Crippen LogP contribution in [0.4, 0.5) is 25.2 Å². The summed E-state index contributed by atoms with van der Waals surface area (Å²) in [5.41, 5.74) is -0.185. The molecule has 1 aliphatic carbocycles. The second-order valence-corrected chi connectivity index (χ2v) is 12.9. The maximum atomic E-state index is 15.6. The van der Waals surface area contributed by atoms with Crippen molar-refractivity contribution < 1.29 is 32.6 Å². The number of likely N-dealkylation sites (tertiary alicyclic amines) is 1. The van der Waals surface area contributed by atoms with E-state index in [2.05, 4.69) is 35.7 Å². The summed E-state index contributed by atoms with van der Waals surface area (Å²) in [6.07, 6.45) is 2.85. The number of amides is 3. The second-order valence-electron chi connectivity index (χ2n) is 12.9. The molecule has 5 heterocycles. The standard InChI is InChI=1S/C30H36F2N10O5/c1-16(39(2)3)27(44)33-6-9-42-37-24-22(31)18-10-17(11-19(18)23(32)25(24)38-42)13-40-7-4-30(5-8-40)15-41(29(45)47-30)20-12-34-28-26(35-20)36-21(43)14-46-28/h12,16-17H,4-11,13-15H2,1-3H3,(H,33,44)(H,35,36,43). The Labute approximate surface area is 268 Å². The molecule has 0 saturated carbocycles. The molecule has 0 radical (unpaired) electrons. The number of rotatable bonds is 8. The predicted octanol–water partition coefficient (Wildman–Crippen LogP) is 1.10. The largest absolute Gasteiger partial charge is 0.465 e. The number of hydrogen-bond acceptors (Lipinski definition) is 11. The molecule has 47 heavy (non-hydrogen) atoms. The summed E-state index contributed by atoms with van der Waals surface area (Å²) in [5, 5.41) is 13.8. The van der Waals surface area contributed by atoms with E-state index in [0.717, 1.165) is 0 Å². The molecule has 4 aliphatic rings. The van der Waals surface area contributed by atoms with Crippen LogP contribution in [0.15, 0.2) is 6.20 Å². The van der Waals surface area contributed by atoms with E-state index in [0.29, 0.717) is 63.0 Å². The third-order valence-corrected chi connectivity index (χ3v) is 9.57. The number of nitrogens with zero attached hydrogens (tertiary/aromatic N) is 8. The molecule has 1 unspecified atom stereocenters. The van der Waals surface area contributed by atoms with Crippen LogP contribution in [0.3, 0.4) is 0 Å². The van der Waals surface area contributed by atoms with E-state index < -0.39 is 23.3 Å². The molecule has 2 aromatic heterocycles. The average Bonchev–Trinajstić information content (AvgIpc) is 3.76. The molecule has 1 atom stereocenters. The first-order chi connectivity index (χ1) is 22.5. The molecular formula is C30H36F2N10O5. The van der Waals surface area contributed by atoms with Crippen LogP contribution < -0.4 is 20.3 Å². The normalized spacial score (nSPS) is 19.9. The molecule has 17 heteroatoms. The number of halogens is 2. The molecule has 3 aromatic rings. The topological polar surface area (TPSA) is 160 Å². The minimum absolute atomic E-state index is 0.0152. The van der Waals surface area contributed by atoms with Crippen molar-refractivity contribution in [2.75, 3.05) is 63.6 Å². The average molecular weight is 655 g/mol. The van der Waals surface area contributed by atoms with Crippen LogP contribution in [0.1, 0.15) is 30.9 Å². The van der Waals surface area contributed by atoms with E-state index in [-0.39, 0.29) is 72.0 Å². The molecule has 15 nitrogen and oxygen atoms in total. The first-order valence-corrected chi connectivity index (χ1v) is 15.7. The van der Waals surface area contributed by atoms with E-state index in [1.165, 1.54) is 15.9 Å². The lowest BCUT2D eigenvalue weighted by Crippen LogP contribution is -2.48. The van der Waals surface area contributed by atoms with Gasteiger partial charge < -0.3 is 25.0 Å². The second kappa shape index (κ2) is 11.9. The highest BCUT2D eigenvalue weighted by Crippen LogP contribution is 2.39. The van der Waals surface area contributed by atoms with E-state index in [4.69, 9.17) is 9.47 Å². The Bertz CT molecular complexity index is 1710. The van der Waals surface area contributed by atoms with Crippen molar-refractivity contribution in [3.05, 3.63) is 29.0 Å². The van der Waals surface area contributed by atoms with Gasteiger partial charge in [0, 0.05) is 39.0 Å². The Kier molecular flexibility index (Phi) is 7.90. The van der Waals surface area contributed by atoms with Crippen molar-refractivity contribution in [1.82, 2.24) is 40.1 Å². The van der Waals surface area contributed by atoms with Crippen molar-refractivity contribution in [2.45, 2.75) is 50.8 Å². The lowest BCUT2D eigenvalue weighted by Gasteiger charge is -2.38. The van der Waals surface area contributed by atoms with Crippen molar-refractivity contribution in [3.63, 3.8) is 0 Å². The number of carbonyl (C=O) groups excluding carboxylic acids is 3. The van der Waals surface area contributed by atoms with Gasteiger partial charge in [-0.25, -0.2) is 23.5 Å². The minimum atomic E-state index is -0.690. The number of benzene rings is 1. The Morgan fingerprint density at radius 1 is 1.15 bits per heavy atom. The van der Waals surface area contributed by atoms with Gasteiger partial charge in [0.15, 0.2) is 40.9 Å². The van der Waals surface area contributed by atoms with Gasteiger partial charge in [0.05, 0.1) is 25.3 Å². The van der Waals surface area contributed by atoms with Gasteiger partial charge in [0.25, 0.3) is 11.8 Å². The molecule has 2 saturated heterocycles. The quantitative estimate of drug-likeness (QED) is 0.358. The van der Waals surface area contributed by atoms with Gasteiger partial charge in [-0.05, 0) is 50.9 Å². The van der Waals surface area contributed by atoms with Gasteiger partial charge in [-0.1, -0.05) is 0 Å². The van der Waals surface area contributed by atoms with Gasteiger partial charge in [0.2, 0.25) is 5.91 Å². The fraction of sp³-hybridized carbons (Fsp3) is 0.567. The van der Waals surface area contributed by atoms with Crippen molar-refractivity contribution >= 4 is 40.6 Å². The summed E-state index contributed by atoms with van der Waals surface area (Å²) < 4.78 is 42.4. The van der Waals surface area contributed by atoms with Gasteiger partial charge in [-0.2, -0.15) is 15.0 Å². The van der Waals surface area contributed by atoms with Gasteiger partial charge in [-0.3, -0.25) is 19.4 Å². The maximum Gasteiger partial charge on any atom is 0.416 e. The lowest BCUT2D eigenvalue weighted by atomic mass is 9.90. The summed E-state index contributed by atoms with van der Waals surface area (Å²) in [4.78, 5) is 51.9. The molecule has 1 spiro atoms. The summed E-state index contributed by atoms with van der Waals surface area (Å²) >= 11 is 0. The number of carbonyl (C=O) groups is 3. The maximum absolute atomic E-state index is 15.6. The van der Waals surface area contributed by atoms with E-state index in [9.17, 15) is 14.4 Å². The molecule has 2 N–H and O–H groups in total. The lowest BCUT2D eigenvalue weighted by molar-refractivity contribution is -0.125. The number of anilines is 2. The third kappa shape index (κ3) is 5.81. The number of likely N-dealkylation sites (N-methyl/N-ethyl adjacent to an activating group) is 1. The first kappa shape index (κ1) is 31.1. The number of piperidine rings is 1. The van der Waals surface area contributed by atoms with Crippen LogP contribution in [0.25, 0.3) is 11.0 Å². The molecule has 1 aromatic carbocycles. The van der Waals surface area contributed by atoms with Crippen LogP contribution in [0.2, 0.25) is 0 Å². The smallest absolute Gasteiger partial charge is 0.416 e.